The topological polar surface area (TPSA) is 49.8 Å². The molecule has 2 aromatic heterocycles. The summed E-state index contributed by atoms with van der Waals surface area (Å²) in [6.45, 7) is 4.24. The summed E-state index contributed by atoms with van der Waals surface area (Å²) in [6.07, 6.45) is 4.23. The van der Waals surface area contributed by atoms with Crippen LogP contribution >= 0.6 is 11.3 Å². The molecule has 19 heavy (non-hydrogen) atoms. The molecule has 100 valence electrons. The Balaban J connectivity index is 1.75. The molecule has 0 aromatic carbocycles. The van der Waals surface area contributed by atoms with Gasteiger partial charge in [0, 0.05) is 22.7 Å². The zero-order chi connectivity index (χ0) is 13.1. The number of piperidine rings is 1. The van der Waals surface area contributed by atoms with Gasteiger partial charge in [0.1, 0.15) is 5.82 Å². The lowest BCUT2D eigenvalue weighted by Gasteiger charge is -2.22. The molecule has 0 saturated carbocycles. The molecule has 0 amide bonds. The molecule has 3 heterocycles. The van der Waals surface area contributed by atoms with Crippen molar-refractivity contribution in [1.29, 1.82) is 0 Å². The van der Waals surface area contributed by atoms with Crippen molar-refractivity contribution in [2.24, 2.45) is 0 Å². The average molecular weight is 274 g/mol. The SMILES string of the molecule is Cc1cnc(Nc2cccc(C3CCNCC3)n2)s1. The summed E-state index contributed by atoms with van der Waals surface area (Å²) in [6, 6.07) is 6.21. The van der Waals surface area contributed by atoms with Crippen molar-refractivity contribution in [3.8, 4) is 0 Å². The van der Waals surface area contributed by atoms with Gasteiger partial charge in [-0.15, -0.1) is 11.3 Å². The first kappa shape index (κ1) is 12.6. The standard InChI is InChI=1S/C14H18N4S/c1-10-9-16-14(19-10)18-13-4-2-3-12(17-13)11-5-7-15-8-6-11/h2-4,9,11,15H,5-8H2,1H3,(H,16,17,18). The molecular formula is C14H18N4S. The Morgan fingerprint density at radius 2 is 2.16 bits per heavy atom. The van der Waals surface area contributed by atoms with E-state index in [2.05, 4.69) is 34.7 Å². The van der Waals surface area contributed by atoms with E-state index in [9.17, 15) is 0 Å². The second-order valence-electron chi connectivity index (χ2n) is 4.87. The predicted molar refractivity (Wildman–Crippen MR) is 79.2 cm³/mol. The monoisotopic (exact) mass is 274 g/mol. The van der Waals surface area contributed by atoms with Crippen molar-refractivity contribution in [3.05, 3.63) is 35.0 Å². The van der Waals surface area contributed by atoms with Crippen LogP contribution in [0, 0.1) is 6.92 Å². The minimum Gasteiger partial charge on any atom is -0.317 e. The number of anilines is 2. The van der Waals surface area contributed by atoms with Gasteiger partial charge < -0.3 is 10.6 Å². The van der Waals surface area contributed by atoms with E-state index in [0.29, 0.717) is 5.92 Å². The molecule has 2 N–H and O–H groups in total. The van der Waals surface area contributed by atoms with Gasteiger partial charge in [-0.2, -0.15) is 0 Å². The van der Waals surface area contributed by atoms with Gasteiger partial charge in [0.2, 0.25) is 0 Å². The number of aromatic nitrogens is 2. The molecular weight excluding hydrogens is 256 g/mol. The van der Waals surface area contributed by atoms with Gasteiger partial charge in [-0.25, -0.2) is 9.97 Å². The number of nitrogens with zero attached hydrogens (tertiary/aromatic N) is 2. The van der Waals surface area contributed by atoms with E-state index in [0.717, 1.165) is 24.0 Å². The Morgan fingerprint density at radius 1 is 1.32 bits per heavy atom. The normalized spacial score (nSPS) is 16.5. The third-order valence-corrected chi connectivity index (χ3v) is 4.21. The van der Waals surface area contributed by atoms with Crippen LogP contribution in [0.2, 0.25) is 0 Å². The summed E-state index contributed by atoms with van der Waals surface area (Å²) in [5.74, 6) is 1.48. The first-order valence-corrected chi connectivity index (χ1v) is 7.50. The van der Waals surface area contributed by atoms with Gasteiger partial charge in [-0.3, -0.25) is 0 Å². The first-order valence-electron chi connectivity index (χ1n) is 6.68. The van der Waals surface area contributed by atoms with Crippen molar-refractivity contribution in [2.45, 2.75) is 25.7 Å². The summed E-state index contributed by atoms with van der Waals surface area (Å²) in [5.41, 5.74) is 1.19. The molecule has 0 atom stereocenters. The fourth-order valence-electron chi connectivity index (χ4n) is 2.39. The van der Waals surface area contributed by atoms with Crippen LogP contribution in [-0.4, -0.2) is 23.1 Å². The number of hydrogen-bond donors (Lipinski definition) is 2. The first-order chi connectivity index (χ1) is 9.31. The van der Waals surface area contributed by atoms with Crippen LogP contribution in [0.1, 0.15) is 29.3 Å². The fourth-order valence-corrected chi connectivity index (χ4v) is 3.06. The number of aryl methyl sites for hydroxylation is 1. The largest absolute Gasteiger partial charge is 0.317 e. The molecule has 1 saturated heterocycles. The van der Waals surface area contributed by atoms with Crippen LogP contribution < -0.4 is 10.6 Å². The number of nitrogens with one attached hydrogen (secondary N) is 2. The van der Waals surface area contributed by atoms with Crippen LogP contribution in [-0.2, 0) is 0 Å². The highest BCUT2D eigenvalue weighted by molar-refractivity contribution is 7.15. The lowest BCUT2D eigenvalue weighted by molar-refractivity contribution is 0.453. The van der Waals surface area contributed by atoms with E-state index >= 15 is 0 Å². The number of rotatable bonds is 3. The van der Waals surface area contributed by atoms with Gasteiger partial charge in [0.25, 0.3) is 0 Å². The zero-order valence-electron chi connectivity index (χ0n) is 11.0. The van der Waals surface area contributed by atoms with Crippen molar-refractivity contribution >= 4 is 22.3 Å². The second-order valence-corrected chi connectivity index (χ2v) is 6.11. The van der Waals surface area contributed by atoms with Gasteiger partial charge in [0.05, 0.1) is 0 Å². The third kappa shape index (κ3) is 3.11. The van der Waals surface area contributed by atoms with Crippen molar-refractivity contribution in [1.82, 2.24) is 15.3 Å². The minimum atomic E-state index is 0.584. The molecule has 1 fully saturated rings. The number of hydrogen-bond acceptors (Lipinski definition) is 5. The second kappa shape index (κ2) is 5.67. The predicted octanol–water partition coefficient (Wildman–Crippen LogP) is 3.06. The molecule has 3 rings (SSSR count). The average Bonchev–Trinajstić information content (AvgIpc) is 2.85. The van der Waals surface area contributed by atoms with Gasteiger partial charge in [-0.05, 0) is 45.0 Å². The Bertz CT molecular complexity index is 546. The molecule has 0 radical (unpaired) electrons. The van der Waals surface area contributed by atoms with E-state index in [1.165, 1.54) is 23.4 Å². The maximum atomic E-state index is 4.73. The molecule has 5 heteroatoms. The smallest absolute Gasteiger partial charge is 0.188 e. The lowest BCUT2D eigenvalue weighted by atomic mass is 9.94. The van der Waals surface area contributed by atoms with Crippen molar-refractivity contribution < 1.29 is 0 Å². The number of pyridine rings is 1. The van der Waals surface area contributed by atoms with Crippen molar-refractivity contribution in [3.63, 3.8) is 0 Å². The Morgan fingerprint density at radius 3 is 2.89 bits per heavy atom. The van der Waals surface area contributed by atoms with Gasteiger partial charge >= 0.3 is 0 Å². The summed E-state index contributed by atoms with van der Waals surface area (Å²) in [4.78, 5) is 10.2. The maximum absolute atomic E-state index is 4.73. The number of thiazole rings is 1. The lowest BCUT2D eigenvalue weighted by Crippen LogP contribution is -2.27. The van der Waals surface area contributed by atoms with Crippen molar-refractivity contribution in [2.75, 3.05) is 18.4 Å². The van der Waals surface area contributed by atoms with E-state index in [-0.39, 0.29) is 0 Å². The Hall–Kier alpha value is -1.46. The summed E-state index contributed by atoms with van der Waals surface area (Å²) < 4.78 is 0. The van der Waals surface area contributed by atoms with Gasteiger partial charge in [-0.1, -0.05) is 6.07 Å². The highest BCUT2D eigenvalue weighted by atomic mass is 32.1. The molecule has 1 aliphatic heterocycles. The van der Waals surface area contributed by atoms with Crippen LogP contribution in [0.25, 0.3) is 0 Å². The van der Waals surface area contributed by atoms with E-state index in [4.69, 9.17) is 4.98 Å². The summed E-state index contributed by atoms with van der Waals surface area (Å²) >= 11 is 1.65. The van der Waals surface area contributed by atoms with Crippen LogP contribution in [0.4, 0.5) is 10.9 Å². The summed E-state index contributed by atoms with van der Waals surface area (Å²) in [7, 11) is 0. The Labute approximate surface area is 117 Å². The molecule has 0 unspecified atom stereocenters. The van der Waals surface area contributed by atoms with Crippen LogP contribution in [0.5, 0.6) is 0 Å². The van der Waals surface area contributed by atoms with Crippen LogP contribution in [0.15, 0.2) is 24.4 Å². The Kier molecular flexibility index (Phi) is 3.75. The fraction of sp³-hybridized carbons (Fsp3) is 0.429. The van der Waals surface area contributed by atoms with Gasteiger partial charge in [0.15, 0.2) is 5.13 Å². The summed E-state index contributed by atoms with van der Waals surface area (Å²) in [5, 5.41) is 7.58. The van der Waals surface area contributed by atoms with E-state index in [1.54, 1.807) is 11.3 Å². The minimum absolute atomic E-state index is 0.584. The molecule has 0 aliphatic carbocycles. The zero-order valence-corrected chi connectivity index (χ0v) is 11.8. The van der Waals surface area contributed by atoms with E-state index in [1.807, 2.05) is 12.3 Å². The molecule has 0 bridgehead atoms. The highest BCUT2D eigenvalue weighted by Crippen LogP contribution is 2.26. The molecule has 0 spiro atoms. The van der Waals surface area contributed by atoms with Crippen LogP contribution in [0.3, 0.4) is 0 Å². The van der Waals surface area contributed by atoms with E-state index < -0.39 is 0 Å². The highest BCUT2D eigenvalue weighted by Gasteiger charge is 2.16. The molecule has 4 nitrogen and oxygen atoms in total. The quantitative estimate of drug-likeness (QED) is 0.903. The third-order valence-electron chi connectivity index (χ3n) is 3.38. The molecule has 1 aliphatic rings. The molecule has 2 aromatic rings. The maximum Gasteiger partial charge on any atom is 0.188 e.